The van der Waals surface area contributed by atoms with E-state index in [0.717, 1.165) is 5.69 Å². The smallest absolute Gasteiger partial charge is 0.303 e. The minimum absolute atomic E-state index is 0.212. The predicted octanol–water partition coefficient (Wildman–Crippen LogP) is 2.40. The summed E-state index contributed by atoms with van der Waals surface area (Å²) < 4.78 is 0. The molecule has 0 saturated carbocycles. The van der Waals surface area contributed by atoms with Crippen LogP contribution in [0.15, 0.2) is 29.2 Å². The normalized spacial score (nSPS) is 18.7. The van der Waals surface area contributed by atoms with Crippen molar-refractivity contribution in [2.24, 2.45) is 0 Å². The van der Waals surface area contributed by atoms with Crippen LogP contribution in [0.1, 0.15) is 12.8 Å². The van der Waals surface area contributed by atoms with E-state index in [0.29, 0.717) is 6.42 Å². The van der Waals surface area contributed by atoms with Gasteiger partial charge in [0.2, 0.25) is 0 Å². The Hall–Kier alpha value is -1.16. The summed E-state index contributed by atoms with van der Waals surface area (Å²) in [5.74, 6) is -0.733. The molecule has 0 radical (unpaired) electrons. The minimum atomic E-state index is -0.733. The van der Waals surface area contributed by atoms with E-state index in [1.165, 1.54) is 4.90 Å². The molecule has 0 saturated heterocycles. The van der Waals surface area contributed by atoms with E-state index in [9.17, 15) is 4.79 Å². The van der Waals surface area contributed by atoms with Crippen LogP contribution in [0.25, 0.3) is 0 Å². The highest BCUT2D eigenvalue weighted by molar-refractivity contribution is 8.00. The number of aliphatic carboxylic acids is 1. The predicted molar refractivity (Wildman–Crippen MR) is 56.6 cm³/mol. The molecule has 1 aromatic carbocycles. The van der Waals surface area contributed by atoms with Gasteiger partial charge in [-0.15, -0.1) is 0 Å². The van der Waals surface area contributed by atoms with E-state index in [4.69, 9.17) is 5.11 Å². The molecule has 0 bridgehead atoms. The van der Waals surface area contributed by atoms with Gasteiger partial charge in [-0.2, -0.15) is 0 Å². The van der Waals surface area contributed by atoms with Crippen LogP contribution >= 0.6 is 11.8 Å². The van der Waals surface area contributed by atoms with Crippen LogP contribution in [0.2, 0.25) is 0 Å². The number of carboxylic acid groups (broad SMARTS) is 1. The molecule has 0 aliphatic carbocycles. The first kappa shape index (κ1) is 9.40. The molecule has 0 fully saturated rings. The fraction of sp³-hybridized carbons (Fsp3) is 0.300. The quantitative estimate of drug-likeness (QED) is 0.802. The molecular formula is C10H11NO2S. The molecule has 1 heterocycles. The Labute approximate surface area is 86.5 Å². The lowest BCUT2D eigenvalue weighted by atomic mass is 10.3. The number of fused-ring (bicyclic) bond motifs is 1. The molecule has 1 atom stereocenters. The maximum absolute atomic E-state index is 10.4. The van der Waals surface area contributed by atoms with Gasteiger partial charge >= 0.3 is 5.97 Å². The fourth-order valence-corrected chi connectivity index (χ4v) is 2.57. The standard InChI is InChI=1S/C10H11NO2S/c12-10(13)6-5-9-11-7-3-1-2-4-8(7)14-9/h1-4,9,11H,5-6H2,(H,12,13). The van der Waals surface area contributed by atoms with Crippen LogP contribution in [0.4, 0.5) is 5.69 Å². The molecule has 2 N–H and O–H groups in total. The lowest BCUT2D eigenvalue weighted by Crippen LogP contribution is -2.11. The highest BCUT2D eigenvalue weighted by atomic mass is 32.2. The van der Waals surface area contributed by atoms with Crippen LogP contribution < -0.4 is 5.32 Å². The molecule has 1 aliphatic heterocycles. The van der Waals surface area contributed by atoms with Gasteiger partial charge in [-0.1, -0.05) is 23.9 Å². The van der Waals surface area contributed by atoms with Crippen molar-refractivity contribution in [2.75, 3.05) is 5.32 Å². The van der Waals surface area contributed by atoms with E-state index in [2.05, 4.69) is 5.32 Å². The SMILES string of the molecule is O=C(O)CCC1Nc2ccccc2S1. The van der Waals surface area contributed by atoms with Gasteiger partial charge in [0.25, 0.3) is 0 Å². The zero-order chi connectivity index (χ0) is 9.97. The Morgan fingerprint density at radius 2 is 2.29 bits per heavy atom. The second-order valence-electron chi connectivity index (χ2n) is 3.18. The first-order valence-electron chi connectivity index (χ1n) is 4.50. The van der Waals surface area contributed by atoms with Crippen molar-refractivity contribution in [1.82, 2.24) is 0 Å². The molecule has 2 rings (SSSR count). The van der Waals surface area contributed by atoms with Crippen molar-refractivity contribution in [3.8, 4) is 0 Å². The van der Waals surface area contributed by atoms with Crippen LogP contribution in [0.3, 0.4) is 0 Å². The maximum atomic E-state index is 10.4. The average Bonchev–Trinajstić information content (AvgIpc) is 2.57. The number of hydrogen-bond acceptors (Lipinski definition) is 3. The van der Waals surface area contributed by atoms with Crippen LogP contribution in [-0.2, 0) is 4.79 Å². The summed E-state index contributed by atoms with van der Waals surface area (Å²) in [6, 6.07) is 8.04. The summed E-state index contributed by atoms with van der Waals surface area (Å²) in [5.41, 5.74) is 1.12. The molecule has 1 unspecified atom stereocenters. The van der Waals surface area contributed by atoms with Crippen molar-refractivity contribution >= 4 is 23.4 Å². The Kier molecular flexibility index (Phi) is 2.63. The Morgan fingerprint density at radius 3 is 3.00 bits per heavy atom. The molecule has 0 aromatic heterocycles. The zero-order valence-electron chi connectivity index (χ0n) is 7.56. The summed E-state index contributed by atoms with van der Waals surface area (Å²) in [6.45, 7) is 0. The van der Waals surface area contributed by atoms with Crippen molar-refractivity contribution in [3.05, 3.63) is 24.3 Å². The number of carbonyl (C=O) groups is 1. The first-order valence-corrected chi connectivity index (χ1v) is 5.38. The Balaban J connectivity index is 1.95. The van der Waals surface area contributed by atoms with Gasteiger partial charge in [0, 0.05) is 17.0 Å². The molecule has 1 aliphatic rings. The van der Waals surface area contributed by atoms with Gasteiger partial charge in [0.15, 0.2) is 0 Å². The number of para-hydroxylation sites is 1. The molecule has 14 heavy (non-hydrogen) atoms. The number of hydrogen-bond donors (Lipinski definition) is 2. The van der Waals surface area contributed by atoms with Crippen molar-refractivity contribution in [2.45, 2.75) is 23.1 Å². The number of thioether (sulfide) groups is 1. The van der Waals surface area contributed by atoms with Crippen molar-refractivity contribution < 1.29 is 9.90 Å². The average molecular weight is 209 g/mol. The zero-order valence-corrected chi connectivity index (χ0v) is 8.38. The second kappa shape index (κ2) is 3.92. The van der Waals surface area contributed by atoms with Gasteiger partial charge in [0.05, 0.1) is 5.37 Å². The van der Waals surface area contributed by atoms with E-state index < -0.39 is 5.97 Å². The van der Waals surface area contributed by atoms with Crippen LogP contribution in [0, 0.1) is 0 Å². The lowest BCUT2D eigenvalue weighted by Gasteiger charge is -2.07. The van der Waals surface area contributed by atoms with E-state index in [1.807, 2.05) is 24.3 Å². The molecular weight excluding hydrogens is 198 g/mol. The molecule has 4 heteroatoms. The summed E-state index contributed by atoms with van der Waals surface area (Å²) in [5, 5.41) is 12.1. The van der Waals surface area contributed by atoms with Crippen LogP contribution in [-0.4, -0.2) is 16.4 Å². The third-order valence-electron chi connectivity index (χ3n) is 2.09. The first-order chi connectivity index (χ1) is 6.75. The second-order valence-corrected chi connectivity index (χ2v) is 4.42. The van der Waals surface area contributed by atoms with E-state index in [1.54, 1.807) is 11.8 Å². The fourth-order valence-electron chi connectivity index (χ4n) is 1.43. The van der Waals surface area contributed by atoms with Crippen molar-refractivity contribution in [1.29, 1.82) is 0 Å². The summed E-state index contributed by atoms with van der Waals surface area (Å²) in [7, 11) is 0. The summed E-state index contributed by atoms with van der Waals surface area (Å²) in [6.07, 6.45) is 0.882. The summed E-state index contributed by atoms with van der Waals surface area (Å²) >= 11 is 1.70. The van der Waals surface area contributed by atoms with E-state index in [-0.39, 0.29) is 11.8 Å². The Morgan fingerprint density at radius 1 is 1.50 bits per heavy atom. The van der Waals surface area contributed by atoms with Gasteiger partial charge in [-0.3, -0.25) is 4.79 Å². The van der Waals surface area contributed by atoms with E-state index >= 15 is 0 Å². The van der Waals surface area contributed by atoms with Gasteiger partial charge in [-0.25, -0.2) is 0 Å². The molecule has 0 spiro atoms. The van der Waals surface area contributed by atoms with Crippen LogP contribution in [0.5, 0.6) is 0 Å². The number of anilines is 1. The topological polar surface area (TPSA) is 49.3 Å². The number of nitrogens with one attached hydrogen (secondary N) is 1. The highest BCUT2D eigenvalue weighted by Crippen LogP contribution is 2.39. The number of benzene rings is 1. The minimum Gasteiger partial charge on any atom is -0.481 e. The van der Waals surface area contributed by atoms with Gasteiger partial charge in [-0.05, 0) is 18.6 Å². The molecule has 3 nitrogen and oxygen atoms in total. The van der Waals surface area contributed by atoms with Crippen molar-refractivity contribution in [3.63, 3.8) is 0 Å². The third kappa shape index (κ3) is 2.01. The molecule has 74 valence electrons. The number of rotatable bonds is 3. The maximum Gasteiger partial charge on any atom is 0.303 e. The van der Waals surface area contributed by atoms with Gasteiger partial charge < -0.3 is 10.4 Å². The molecule has 1 aromatic rings. The lowest BCUT2D eigenvalue weighted by molar-refractivity contribution is -0.137. The third-order valence-corrected chi connectivity index (χ3v) is 3.34. The Bertz CT molecular complexity index is 329. The number of carboxylic acids is 1. The monoisotopic (exact) mass is 209 g/mol. The largest absolute Gasteiger partial charge is 0.481 e. The summed E-state index contributed by atoms with van der Waals surface area (Å²) in [4.78, 5) is 11.6. The van der Waals surface area contributed by atoms with Gasteiger partial charge in [0.1, 0.15) is 0 Å². The molecule has 0 amide bonds. The highest BCUT2D eigenvalue weighted by Gasteiger charge is 2.20.